The number of carbonyl (C=O) groups is 2. The molecule has 1 heterocycles. The summed E-state index contributed by atoms with van der Waals surface area (Å²) in [6.07, 6.45) is 0. The molecule has 0 aliphatic rings. The molecule has 1 aromatic carbocycles. The van der Waals surface area contributed by atoms with Crippen LogP contribution in [-0.2, 0) is 30.8 Å². The van der Waals surface area contributed by atoms with Crippen molar-refractivity contribution >= 4 is 21.8 Å². The van der Waals surface area contributed by atoms with Crippen LogP contribution in [0.15, 0.2) is 17.0 Å². The zero-order valence-electron chi connectivity index (χ0n) is 20.7. The van der Waals surface area contributed by atoms with Gasteiger partial charge in [-0.1, -0.05) is 6.07 Å². The highest BCUT2D eigenvalue weighted by Gasteiger charge is 2.28. The first-order valence-corrected chi connectivity index (χ1v) is 12.2. The van der Waals surface area contributed by atoms with E-state index in [2.05, 4.69) is 4.72 Å². The number of aryl methyl sites for hydroxylation is 3. The van der Waals surface area contributed by atoms with Crippen LogP contribution >= 0.6 is 0 Å². The Hall–Kier alpha value is -2.49. The number of benzene rings is 1. The van der Waals surface area contributed by atoms with Gasteiger partial charge in [0.2, 0.25) is 15.8 Å². The number of nitrogens with zero attached hydrogens (tertiary/aromatic N) is 1. The Morgan fingerprint density at radius 3 is 2.15 bits per heavy atom. The average Bonchev–Trinajstić information content (AvgIpc) is 3.01. The number of methoxy groups -OCH3 is 1. The topological polar surface area (TPSA) is 104 Å². The highest BCUT2D eigenvalue weighted by atomic mass is 32.2. The van der Waals surface area contributed by atoms with Gasteiger partial charge in [-0.25, -0.2) is 8.42 Å². The van der Waals surface area contributed by atoms with Crippen LogP contribution in [0.1, 0.15) is 50.9 Å². The molecule has 0 radical (unpaired) electrons. The number of nitrogens with one attached hydrogen (secondary N) is 1. The van der Waals surface area contributed by atoms with Gasteiger partial charge in [0.05, 0.1) is 11.5 Å². The van der Waals surface area contributed by atoms with E-state index in [4.69, 9.17) is 9.47 Å². The first-order chi connectivity index (χ1) is 15.3. The molecule has 0 fully saturated rings. The fraction of sp³-hybridized carbons (Fsp3) is 0.500. The Labute approximate surface area is 196 Å². The number of carbonyl (C=O) groups excluding carboxylic acids is 2. The number of ketones is 1. The molecule has 0 spiro atoms. The van der Waals surface area contributed by atoms with Crippen LogP contribution in [0.3, 0.4) is 0 Å². The van der Waals surface area contributed by atoms with Crippen LogP contribution in [0.2, 0.25) is 0 Å². The van der Waals surface area contributed by atoms with Crippen molar-refractivity contribution in [1.29, 1.82) is 0 Å². The molecule has 1 aromatic heterocycles. The van der Waals surface area contributed by atoms with E-state index in [1.807, 2.05) is 38.3 Å². The highest BCUT2D eigenvalue weighted by Crippen LogP contribution is 2.26. The molecule has 0 unspecified atom stereocenters. The van der Waals surface area contributed by atoms with E-state index in [0.29, 0.717) is 29.8 Å². The van der Waals surface area contributed by atoms with Gasteiger partial charge < -0.3 is 14.0 Å². The fourth-order valence-corrected chi connectivity index (χ4v) is 5.68. The molecule has 0 aliphatic carbocycles. The average molecular weight is 479 g/mol. The number of rotatable bonds is 10. The molecule has 0 saturated heterocycles. The largest absolute Gasteiger partial charge is 0.456 e. The summed E-state index contributed by atoms with van der Waals surface area (Å²) in [4.78, 5) is 25.3. The van der Waals surface area contributed by atoms with Gasteiger partial charge in [-0.05, 0) is 76.8 Å². The Balaban J connectivity index is 2.10. The second-order valence-electron chi connectivity index (χ2n) is 8.39. The number of aromatic nitrogens is 1. The van der Waals surface area contributed by atoms with Gasteiger partial charge in [0.1, 0.15) is 6.04 Å². The van der Waals surface area contributed by atoms with Crippen molar-refractivity contribution in [3.8, 4) is 0 Å². The third-order valence-corrected chi connectivity index (χ3v) is 7.80. The molecule has 1 N–H and O–H groups in total. The fourth-order valence-electron chi connectivity index (χ4n) is 3.87. The van der Waals surface area contributed by atoms with Crippen LogP contribution in [0.5, 0.6) is 0 Å². The molecule has 0 aliphatic heterocycles. The zero-order valence-corrected chi connectivity index (χ0v) is 21.5. The number of esters is 1. The lowest BCUT2D eigenvalue weighted by atomic mass is 10.0. The molecule has 2 aromatic rings. The van der Waals surface area contributed by atoms with Crippen LogP contribution in [0, 0.1) is 41.5 Å². The zero-order chi connectivity index (χ0) is 25.1. The third kappa shape index (κ3) is 5.90. The van der Waals surface area contributed by atoms with Crippen molar-refractivity contribution < 1.29 is 27.5 Å². The first kappa shape index (κ1) is 26.8. The van der Waals surface area contributed by atoms with E-state index < -0.39 is 28.6 Å². The maximum absolute atomic E-state index is 13.0. The van der Waals surface area contributed by atoms with E-state index in [9.17, 15) is 18.0 Å². The molecule has 8 nitrogen and oxygen atoms in total. The van der Waals surface area contributed by atoms with Gasteiger partial charge in [0, 0.05) is 30.6 Å². The van der Waals surface area contributed by atoms with Crippen molar-refractivity contribution in [2.75, 3.05) is 20.3 Å². The predicted molar refractivity (Wildman–Crippen MR) is 126 cm³/mol. The standard InChI is InChI=1S/C24H34N2O6S/c1-14-11-15(2)18(5)23(17(14)4)33(29,30)25-19(6)24(28)32-13-22(27)21-12-16(3)26(20(21)7)9-10-31-8/h11-12,19,25H,9-10,13H2,1-8H3/t19-/m0/s1. The highest BCUT2D eigenvalue weighted by molar-refractivity contribution is 7.89. The Morgan fingerprint density at radius 2 is 1.61 bits per heavy atom. The molecular weight excluding hydrogens is 444 g/mol. The van der Waals surface area contributed by atoms with Crippen molar-refractivity contribution in [2.24, 2.45) is 0 Å². The molecule has 0 amide bonds. The summed E-state index contributed by atoms with van der Waals surface area (Å²) in [5, 5.41) is 0. The van der Waals surface area contributed by atoms with Gasteiger partial charge >= 0.3 is 5.97 Å². The lowest BCUT2D eigenvalue weighted by molar-refractivity contribution is -0.144. The number of sulfonamides is 1. The predicted octanol–water partition coefficient (Wildman–Crippen LogP) is 3.08. The lowest BCUT2D eigenvalue weighted by Gasteiger charge is -2.18. The van der Waals surface area contributed by atoms with Crippen molar-refractivity contribution in [3.05, 3.63) is 51.3 Å². The van der Waals surface area contributed by atoms with Gasteiger partial charge in [-0.15, -0.1) is 0 Å². The number of hydrogen-bond donors (Lipinski definition) is 1. The number of ether oxygens (including phenoxy) is 2. The van der Waals surface area contributed by atoms with Crippen LogP contribution in [0.4, 0.5) is 0 Å². The minimum atomic E-state index is -3.97. The molecule has 9 heteroatoms. The third-order valence-electron chi connectivity index (χ3n) is 5.99. The van der Waals surface area contributed by atoms with E-state index in [1.54, 1.807) is 27.0 Å². The van der Waals surface area contributed by atoms with Crippen LogP contribution in [-0.4, -0.2) is 51.1 Å². The van der Waals surface area contributed by atoms with Gasteiger partial charge in [0.25, 0.3) is 0 Å². The smallest absolute Gasteiger partial charge is 0.324 e. The number of Topliss-reactive ketones (excluding diaryl/α,β-unsaturated/α-hetero) is 1. The maximum atomic E-state index is 13.0. The van der Waals surface area contributed by atoms with Gasteiger partial charge in [0.15, 0.2) is 6.61 Å². The van der Waals surface area contributed by atoms with Crippen molar-refractivity contribution in [2.45, 2.75) is 65.9 Å². The molecule has 182 valence electrons. The molecule has 2 rings (SSSR count). The van der Waals surface area contributed by atoms with Gasteiger partial charge in [-0.3, -0.25) is 9.59 Å². The second-order valence-corrected chi connectivity index (χ2v) is 10.0. The van der Waals surface area contributed by atoms with Crippen molar-refractivity contribution in [1.82, 2.24) is 9.29 Å². The quantitative estimate of drug-likeness (QED) is 0.416. The van der Waals surface area contributed by atoms with Gasteiger partial charge in [-0.2, -0.15) is 4.72 Å². The Morgan fingerprint density at radius 1 is 1.03 bits per heavy atom. The van der Waals surface area contributed by atoms with Crippen molar-refractivity contribution in [3.63, 3.8) is 0 Å². The lowest BCUT2D eigenvalue weighted by Crippen LogP contribution is -2.40. The number of hydrogen-bond acceptors (Lipinski definition) is 6. The maximum Gasteiger partial charge on any atom is 0.324 e. The monoisotopic (exact) mass is 478 g/mol. The summed E-state index contributed by atoms with van der Waals surface area (Å²) < 4.78 is 40.6. The van der Waals surface area contributed by atoms with E-state index in [0.717, 1.165) is 22.5 Å². The Kier molecular flexibility index (Phi) is 8.62. The molecule has 1 atom stereocenters. The van der Waals surface area contributed by atoms with E-state index >= 15 is 0 Å². The Bertz CT molecular complexity index is 1140. The summed E-state index contributed by atoms with van der Waals surface area (Å²) in [5.41, 5.74) is 5.09. The summed E-state index contributed by atoms with van der Waals surface area (Å²) in [5.74, 6) is -1.17. The first-order valence-electron chi connectivity index (χ1n) is 10.8. The minimum Gasteiger partial charge on any atom is -0.456 e. The molecule has 0 saturated carbocycles. The molecule has 0 bridgehead atoms. The summed E-state index contributed by atoms with van der Waals surface area (Å²) in [6.45, 7) is 12.9. The summed E-state index contributed by atoms with van der Waals surface area (Å²) in [7, 11) is -2.36. The second kappa shape index (κ2) is 10.6. The minimum absolute atomic E-state index is 0.166. The van der Waals surface area contributed by atoms with E-state index in [-0.39, 0.29) is 10.7 Å². The molecule has 33 heavy (non-hydrogen) atoms. The summed E-state index contributed by atoms with van der Waals surface area (Å²) in [6, 6.07) is 2.52. The SMILES string of the molecule is COCCn1c(C)cc(C(=O)COC(=O)[C@H](C)NS(=O)(=O)c2c(C)c(C)cc(C)c2C)c1C. The normalized spacial score (nSPS) is 12.6. The van der Waals surface area contributed by atoms with Crippen LogP contribution < -0.4 is 4.72 Å². The van der Waals surface area contributed by atoms with E-state index in [1.165, 1.54) is 6.92 Å². The van der Waals surface area contributed by atoms with Crippen LogP contribution in [0.25, 0.3) is 0 Å². The molecular formula is C24H34N2O6S. The summed E-state index contributed by atoms with van der Waals surface area (Å²) >= 11 is 0.